The van der Waals surface area contributed by atoms with Crippen LogP contribution < -0.4 is 33.5 Å². The maximum Gasteiger partial charge on any atom is 0.220 e. The molecule has 0 saturated heterocycles. The number of benzene rings is 6. The summed E-state index contributed by atoms with van der Waals surface area (Å²) in [7, 11) is 0. The third-order valence-electron chi connectivity index (χ3n) is 9.29. The number of aromatic amines is 1. The van der Waals surface area contributed by atoms with Crippen molar-refractivity contribution in [3.63, 3.8) is 0 Å². The molecule has 1 aliphatic rings. The molecule has 2 aromatic heterocycles. The van der Waals surface area contributed by atoms with E-state index < -0.39 is 0 Å². The van der Waals surface area contributed by atoms with Gasteiger partial charge in [0.15, 0.2) is 17.6 Å². The fraction of sp³-hybridized carbons (Fsp3) is 0.0769. The zero-order chi connectivity index (χ0) is 27.2. The van der Waals surface area contributed by atoms with Gasteiger partial charge in [0.05, 0.1) is 22.8 Å². The van der Waals surface area contributed by atoms with Gasteiger partial charge in [0.2, 0.25) is 11.2 Å². The molecule has 0 atom stereocenters. The highest BCUT2D eigenvalue weighted by Crippen LogP contribution is 2.44. The number of fused-ring (bicyclic) bond motifs is 9. The molecule has 0 bridgehead atoms. The normalized spacial score (nSPS) is 13.7. The number of rotatable bonds is 1. The zero-order valence-corrected chi connectivity index (χ0v) is 25.7. The number of nitrogens with zero attached hydrogens (tertiary/aromatic N) is 1. The topological polar surface area (TPSA) is 18.0 Å². The first kappa shape index (κ1) is 25.4. The lowest BCUT2D eigenvalue weighted by Gasteiger charge is -2.20. The van der Waals surface area contributed by atoms with Crippen LogP contribution in [-0.2, 0) is 6.42 Å². The third-order valence-corrected chi connectivity index (χ3v) is 9.29. The second-order valence-electron chi connectivity index (χ2n) is 11.5. The van der Waals surface area contributed by atoms with Gasteiger partial charge in [-0.25, -0.2) is 4.98 Å². The van der Waals surface area contributed by atoms with Crippen LogP contribution in [0.25, 0.3) is 77.0 Å². The average molecular weight is 652 g/mol. The summed E-state index contributed by atoms with van der Waals surface area (Å²) in [5.74, 6) is 0. The summed E-state index contributed by atoms with van der Waals surface area (Å²) >= 11 is 0. The number of aryl methyl sites for hydroxylation is 2. The lowest BCUT2D eigenvalue weighted by molar-refractivity contribution is -0.578. The van der Waals surface area contributed by atoms with Crippen molar-refractivity contribution in [2.24, 2.45) is 0 Å². The van der Waals surface area contributed by atoms with Crippen molar-refractivity contribution in [3.05, 3.63) is 132 Å². The standard InChI is InChI=1S/C39H27N2.HI/c1-23-9-5-14-29-34(23)22-26(41-24(2)10-6-18-35(29)41)21-25-11-7-15-31-32-17-8-16-30-27-12-3-4-13-28(27)33-19-20-40-39(36(25)31)38(33)37(30)32;/h3-21H,22H2,1-2H3;1H/q+1;/b26-21-;. The van der Waals surface area contributed by atoms with Crippen molar-refractivity contribution in [2.45, 2.75) is 20.3 Å². The van der Waals surface area contributed by atoms with Gasteiger partial charge in [0.25, 0.3) is 0 Å². The molecule has 1 aliphatic heterocycles. The molecule has 0 unspecified atom stereocenters. The van der Waals surface area contributed by atoms with Gasteiger partial charge in [0, 0.05) is 42.0 Å². The number of pyridine rings is 2. The maximum atomic E-state index is 3.72. The minimum absolute atomic E-state index is 0. The van der Waals surface area contributed by atoms with Crippen molar-refractivity contribution >= 4 is 65.8 Å². The van der Waals surface area contributed by atoms with Gasteiger partial charge in [-0.1, -0.05) is 72.8 Å². The van der Waals surface area contributed by atoms with Crippen LogP contribution in [0.1, 0.15) is 22.4 Å². The Morgan fingerprint density at radius 2 is 1.26 bits per heavy atom. The van der Waals surface area contributed by atoms with Crippen LogP contribution in [0.2, 0.25) is 0 Å². The Balaban J connectivity index is 0.00000267. The molecule has 1 N–H and O–H groups in total. The quantitative estimate of drug-likeness (QED) is 0.0921. The van der Waals surface area contributed by atoms with E-state index >= 15 is 0 Å². The minimum atomic E-state index is 0. The largest absolute Gasteiger partial charge is 1.00 e. The van der Waals surface area contributed by atoms with Gasteiger partial charge in [-0.2, -0.15) is 4.57 Å². The Kier molecular flexibility index (Phi) is 5.64. The smallest absolute Gasteiger partial charge is 0.220 e. The van der Waals surface area contributed by atoms with Crippen LogP contribution in [0, 0.1) is 13.8 Å². The van der Waals surface area contributed by atoms with Crippen LogP contribution in [0.4, 0.5) is 0 Å². The van der Waals surface area contributed by atoms with Crippen LogP contribution in [0.15, 0.2) is 109 Å². The van der Waals surface area contributed by atoms with Gasteiger partial charge in [-0.15, -0.1) is 0 Å². The van der Waals surface area contributed by atoms with E-state index in [0.29, 0.717) is 0 Å². The predicted molar refractivity (Wildman–Crippen MR) is 171 cm³/mol. The van der Waals surface area contributed by atoms with Gasteiger partial charge in [-0.05, 0) is 62.7 Å². The van der Waals surface area contributed by atoms with Crippen LogP contribution in [0.3, 0.4) is 0 Å². The van der Waals surface area contributed by atoms with E-state index in [1.807, 2.05) is 0 Å². The molecule has 42 heavy (non-hydrogen) atoms. The number of hydrogen-bond donors (Lipinski definition) is 0. The highest BCUT2D eigenvalue weighted by molar-refractivity contribution is 6.39. The number of allylic oxidation sites excluding steroid dienone is 1. The molecule has 0 fully saturated rings. The summed E-state index contributed by atoms with van der Waals surface area (Å²) in [5, 5.41) is 11.8. The van der Waals surface area contributed by atoms with Crippen molar-refractivity contribution in [2.75, 3.05) is 0 Å². The molecule has 3 heteroatoms. The van der Waals surface area contributed by atoms with Crippen LogP contribution in [0.5, 0.6) is 0 Å². The summed E-state index contributed by atoms with van der Waals surface area (Å²) in [4.78, 5) is 3.72. The van der Waals surface area contributed by atoms with Gasteiger partial charge >= 0.3 is 0 Å². The molecule has 8 aromatic rings. The molecule has 0 saturated carbocycles. The first-order valence-electron chi connectivity index (χ1n) is 14.4. The maximum absolute atomic E-state index is 3.72. The SMILES string of the molecule is Cc1cccc2c1C/C(=C/c1cccc3c4cccc5c6ccccc6c6cc[nH+]c(c13)c6c54)[n+]1c(C)cccc1-2.[I-]. The number of nitrogens with one attached hydrogen (secondary N) is 1. The lowest BCUT2D eigenvalue weighted by atomic mass is 9.86. The zero-order valence-electron chi connectivity index (χ0n) is 23.5. The Bertz CT molecular complexity index is 2420. The van der Waals surface area contributed by atoms with E-state index in [2.05, 4.69) is 139 Å². The van der Waals surface area contributed by atoms with Crippen molar-refractivity contribution in [3.8, 4) is 11.3 Å². The van der Waals surface area contributed by atoms with E-state index in [9.17, 15) is 0 Å². The summed E-state index contributed by atoms with van der Waals surface area (Å²) < 4.78 is 2.45. The monoisotopic (exact) mass is 651 g/mol. The number of halogens is 1. The Morgan fingerprint density at radius 1 is 0.619 bits per heavy atom. The second-order valence-corrected chi connectivity index (χ2v) is 11.5. The fourth-order valence-corrected chi connectivity index (χ4v) is 7.54. The van der Waals surface area contributed by atoms with Crippen LogP contribution >= 0.6 is 0 Å². The van der Waals surface area contributed by atoms with Gasteiger partial charge in [-0.3, -0.25) is 0 Å². The Labute approximate surface area is 261 Å². The molecular formula is C39H28IN2+. The van der Waals surface area contributed by atoms with E-state index in [0.717, 1.165) is 6.42 Å². The average Bonchev–Trinajstić information content (AvgIpc) is 3.01. The molecule has 0 amide bonds. The molecule has 2 nitrogen and oxygen atoms in total. The molecule has 200 valence electrons. The molecule has 0 spiro atoms. The number of hydrogen-bond acceptors (Lipinski definition) is 0. The minimum Gasteiger partial charge on any atom is -1.00 e. The molecule has 9 rings (SSSR count). The predicted octanol–water partition coefficient (Wildman–Crippen LogP) is 5.83. The van der Waals surface area contributed by atoms with Crippen molar-refractivity contribution in [1.82, 2.24) is 0 Å². The summed E-state index contributed by atoms with van der Waals surface area (Å²) in [5.41, 5.74) is 10.4. The number of H-pyrrole nitrogens is 1. The Hall–Kier alpha value is -4.35. The third kappa shape index (κ3) is 3.37. The van der Waals surface area contributed by atoms with Gasteiger partial charge in [0.1, 0.15) is 0 Å². The van der Waals surface area contributed by atoms with E-state index in [-0.39, 0.29) is 24.0 Å². The van der Waals surface area contributed by atoms with E-state index in [1.54, 1.807) is 0 Å². The summed E-state index contributed by atoms with van der Waals surface area (Å²) in [6, 6.07) is 38.1. The van der Waals surface area contributed by atoms with Crippen molar-refractivity contribution < 1.29 is 33.5 Å². The molecule has 0 radical (unpaired) electrons. The first-order valence-corrected chi connectivity index (χ1v) is 14.4. The molecule has 6 aromatic carbocycles. The first-order chi connectivity index (χ1) is 20.2. The van der Waals surface area contributed by atoms with Gasteiger partial charge < -0.3 is 24.0 Å². The lowest BCUT2D eigenvalue weighted by Crippen LogP contribution is -3.00. The summed E-state index contributed by atoms with van der Waals surface area (Å²) in [6.45, 7) is 4.46. The molecule has 0 aliphatic carbocycles. The fourth-order valence-electron chi connectivity index (χ4n) is 7.54. The highest BCUT2D eigenvalue weighted by atomic mass is 127. The molecular weight excluding hydrogens is 623 g/mol. The second kappa shape index (κ2) is 9.33. The summed E-state index contributed by atoms with van der Waals surface area (Å²) in [6.07, 6.45) is 5.45. The van der Waals surface area contributed by atoms with E-state index in [4.69, 9.17) is 0 Å². The van der Waals surface area contributed by atoms with Crippen LogP contribution in [-0.4, -0.2) is 0 Å². The highest BCUT2D eigenvalue weighted by Gasteiger charge is 2.30. The van der Waals surface area contributed by atoms with Crippen molar-refractivity contribution in [1.29, 1.82) is 0 Å². The number of aromatic nitrogens is 2. The molecule has 3 heterocycles. The Morgan fingerprint density at radius 3 is 2.07 bits per heavy atom. The van der Waals surface area contributed by atoms with E-state index in [1.165, 1.54) is 93.3 Å².